The topological polar surface area (TPSA) is 78.4 Å². The molecule has 28 heavy (non-hydrogen) atoms. The molecule has 2 aromatic carbocycles. The predicted molar refractivity (Wildman–Crippen MR) is 106 cm³/mol. The van der Waals surface area contributed by atoms with Crippen LogP contribution in [0.2, 0.25) is 5.02 Å². The first-order chi connectivity index (χ1) is 13.4. The van der Waals surface area contributed by atoms with Crippen LogP contribution in [0.25, 0.3) is 0 Å². The Morgan fingerprint density at radius 3 is 2.71 bits per heavy atom. The number of carbonyl (C=O) groups excluding carboxylic acids is 2. The van der Waals surface area contributed by atoms with Crippen LogP contribution in [-0.2, 0) is 16.0 Å². The smallest absolute Gasteiger partial charge is 0.253 e. The van der Waals surface area contributed by atoms with Crippen LogP contribution in [0.3, 0.4) is 0 Å². The summed E-state index contributed by atoms with van der Waals surface area (Å²) < 4.78 is 13.2. The second-order valence-electron chi connectivity index (χ2n) is 6.66. The molecule has 0 radical (unpaired) electrons. The summed E-state index contributed by atoms with van der Waals surface area (Å²) in [5.41, 5.74) is 3.15. The van der Waals surface area contributed by atoms with Crippen molar-refractivity contribution in [1.82, 2.24) is 5.32 Å². The molecule has 3 N–H and O–H groups in total. The van der Waals surface area contributed by atoms with Crippen molar-refractivity contribution in [2.24, 2.45) is 0 Å². The van der Waals surface area contributed by atoms with E-state index in [1.165, 1.54) is 18.3 Å². The lowest BCUT2D eigenvalue weighted by Gasteiger charge is -2.24. The summed E-state index contributed by atoms with van der Waals surface area (Å²) in [6, 6.07) is 9.24. The second kappa shape index (κ2) is 8.54. The molecule has 146 valence electrons. The van der Waals surface area contributed by atoms with Crippen molar-refractivity contribution in [2.45, 2.75) is 25.7 Å². The van der Waals surface area contributed by atoms with E-state index in [4.69, 9.17) is 11.6 Å². The molecule has 1 atom stereocenters. The number of aliphatic hydroxyl groups is 1. The molecule has 0 bridgehead atoms. The van der Waals surface area contributed by atoms with Gasteiger partial charge < -0.3 is 15.7 Å². The normalized spacial score (nSPS) is 16.4. The van der Waals surface area contributed by atoms with Crippen LogP contribution in [0, 0.1) is 12.7 Å². The lowest BCUT2D eigenvalue weighted by atomic mass is 9.86. The van der Waals surface area contributed by atoms with Crippen LogP contribution in [0.4, 0.5) is 10.1 Å². The molecule has 0 aromatic heterocycles. The highest BCUT2D eigenvalue weighted by Crippen LogP contribution is 2.32. The van der Waals surface area contributed by atoms with Crippen molar-refractivity contribution in [3.05, 3.63) is 75.7 Å². The number of anilines is 1. The van der Waals surface area contributed by atoms with Crippen molar-refractivity contribution >= 4 is 29.1 Å². The molecule has 0 spiro atoms. The number of amides is 2. The van der Waals surface area contributed by atoms with Gasteiger partial charge in [-0.05, 0) is 54.3 Å². The summed E-state index contributed by atoms with van der Waals surface area (Å²) in [6.45, 7) is 1.76. The Morgan fingerprint density at radius 1 is 1.32 bits per heavy atom. The monoisotopic (exact) mass is 402 g/mol. The molecule has 0 saturated heterocycles. The lowest BCUT2D eigenvalue weighted by molar-refractivity contribution is -0.121. The van der Waals surface area contributed by atoms with Gasteiger partial charge >= 0.3 is 0 Å². The molecule has 0 aliphatic carbocycles. The first-order valence-corrected chi connectivity index (χ1v) is 9.23. The van der Waals surface area contributed by atoms with Crippen molar-refractivity contribution in [2.75, 3.05) is 11.9 Å². The molecule has 1 aliphatic rings. The predicted octanol–water partition coefficient (Wildman–Crippen LogP) is 3.45. The van der Waals surface area contributed by atoms with Crippen LogP contribution >= 0.6 is 11.6 Å². The zero-order valence-electron chi connectivity index (χ0n) is 15.3. The van der Waals surface area contributed by atoms with E-state index in [-0.39, 0.29) is 30.7 Å². The Kier molecular flexibility index (Phi) is 6.11. The van der Waals surface area contributed by atoms with Gasteiger partial charge in [-0.1, -0.05) is 23.7 Å². The minimum atomic E-state index is -0.473. The highest BCUT2D eigenvalue weighted by molar-refractivity contribution is 6.31. The van der Waals surface area contributed by atoms with Crippen LogP contribution in [0.15, 0.2) is 48.2 Å². The average molecular weight is 403 g/mol. The number of aryl methyl sites for hydroxylation is 1. The number of hydrogen-bond acceptors (Lipinski definition) is 3. The van der Waals surface area contributed by atoms with E-state index in [9.17, 15) is 19.1 Å². The second-order valence-corrected chi connectivity index (χ2v) is 7.07. The van der Waals surface area contributed by atoms with Crippen LogP contribution in [-0.4, -0.2) is 23.5 Å². The Hall–Kier alpha value is -2.70. The van der Waals surface area contributed by atoms with Crippen molar-refractivity contribution in [3.8, 4) is 0 Å². The average Bonchev–Trinajstić information content (AvgIpc) is 2.66. The van der Waals surface area contributed by atoms with Gasteiger partial charge in [0, 0.05) is 41.4 Å². The van der Waals surface area contributed by atoms with Gasteiger partial charge in [0.1, 0.15) is 5.82 Å². The number of hydrogen-bond donors (Lipinski definition) is 3. The van der Waals surface area contributed by atoms with E-state index < -0.39 is 5.92 Å². The fourth-order valence-electron chi connectivity index (χ4n) is 3.19. The number of aliphatic hydroxyl groups excluding tert-OH is 1. The highest BCUT2D eigenvalue weighted by atomic mass is 35.5. The maximum atomic E-state index is 13.2. The molecule has 2 amide bonds. The zero-order valence-corrected chi connectivity index (χ0v) is 16.0. The maximum Gasteiger partial charge on any atom is 0.253 e. The van der Waals surface area contributed by atoms with Gasteiger partial charge in [-0.2, -0.15) is 0 Å². The van der Waals surface area contributed by atoms with Crippen molar-refractivity contribution < 1.29 is 19.1 Å². The molecule has 0 fully saturated rings. The lowest BCUT2D eigenvalue weighted by Crippen LogP contribution is -2.32. The summed E-state index contributed by atoms with van der Waals surface area (Å²) >= 11 is 6.18. The zero-order chi connectivity index (χ0) is 20.3. The van der Waals surface area contributed by atoms with E-state index in [2.05, 4.69) is 10.6 Å². The van der Waals surface area contributed by atoms with E-state index in [1.807, 2.05) is 6.92 Å². The third-order valence-corrected chi connectivity index (χ3v) is 5.06. The van der Waals surface area contributed by atoms with E-state index >= 15 is 0 Å². The van der Waals surface area contributed by atoms with Crippen LogP contribution < -0.4 is 10.6 Å². The van der Waals surface area contributed by atoms with E-state index in [0.29, 0.717) is 28.3 Å². The first kappa shape index (κ1) is 20.0. The molecular formula is C21H20ClFN2O3. The standard InChI is InChI=1S/C21H20ClFN2O3/c1-12-8-18(22)14(6-7-26)9-19(12)25-21(28)17-11-24-20(27)10-16(17)13-2-4-15(23)5-3-13/h2-5,8-9,11,16,26H,6-7,10H2,1H3,(H,24,27)(H,25,28)/t16-/m0/s1. The van der Waals surface area contributed by atoms with E-state index in [1.54, 1.807) is 24.3 Å². The third-order valence-electron chi connectivity index (χ3n) is 4.71. The van der Waals surface area contributed by atoms with Gasteiger partial charge in [0.05, 0.1) is 0 Å². The summed E-state index contributed by atoms with van der Waals surface area (Å²) in [5, 5.41) is 15.1. The van der Waals surface area contributed by atoms with Crippen molar-refractivity contribution in [3.63, 3.8) is 0 Å². The number of carbonyl (C=O) groups is 2. The highest BCUT2D eigenvalue weighted by Gasteiger charge is 2.29. The summed E-state index contributed by atoms with van der Waals surface area (Å²) in [6.07, 6.45) is 1.87. The molecule has 2 aromatic rings. The number of benzene rings is 2. The van der Waals surface area contributed by atoms with E-state index in [0.717, 1.165) is 11.1 Å². The number of nitrogens with one attached hydrogen (secondary N) is 2. The maximum absolute atomic E-state index is 13.2. The summed E-state index contributed by atoms with van der Waals surface area (Å²) in [4.78, 5) is 24.8. The molecule has 3 rings (SSSR count). The van der Waals surface area contributed by atoms with Crippen molar-refractivity contribution in [1.29, 1.82) is 0 Å². The van der Waals surface area contributed by atoms with Gasteiger partial charge in [0.25, 0.3) is 5.91 Å². The van der Waals surface area contributed by atoms with Gasteiger partial charge in [-0.3, -0.25) is 9.59 Å². The molecule has 5 nitrogen and oxygen atoms in total. The minimum Gasteiger partial charge on any atom is -0.396 e. The quantitative estimate of drug-likeness (QED) is 0.716. The Morgan fingerprint density at radius 2 is 2.04 bits per heavy atom. The SMILES string of the molecule is Cc1cc(Cl)c(CCO)cc1NC(=O)C1=CNC(=O)C[C@H]1c1ccc(F)cc1. The molecule has 1 heterocycles. The van der Waals surface area contributed by atoms with Crippen LogP contribution in [0.5, 0.6) is 0 Å². The number of halogens is 2. The largest absolute Gasteiger partial charge is 0.396 e. The molecule has 7 heteroatoms. The summed E-state index contributed by atoms with van der Waals surface area (Å²) in [7, 11) is 0. The number of rotatable bonds is 5. The molecular weight excluding hydrogens is 383 g/mol. The molecule has 0 unspecified atom stereocenters. The Labute approximate surface area is 167 Å². The van der Waals surface area contributed by atoms with Gasteiger partial charge in [-0.15, -0.1) is 0 Å². The summed E-state index contributed by atoms with van der Waals surface area (Å²) in [5.74, 6) is -1.43. The Balaban J connectivity index is 1.89. The van der Waals surface area contributed by atoms with Crippen LogP contribution in [0.1, 0.15) is 29.0 Å². The third kappa shape index (κ3) is 4.40. The minimum absolute atomic E-state index is 0.0556. The molecule has 0 saturated carbocycles. The first-order valence-electron chi connectivity index (χ1n) is 8.85. The van der Waals surface area contributed by atoms with Gasteiger partial charge in [0.2, 0.25) is 5.91 Å². The van der Waals surface area contributed by atoms with Gasteiger partial charge in [0.15, 0.2) is 0 Å². The molecule has 1 aliphatic heterocycles. The fourth-order valence-corrected chi connectivity index (χ4v) is 3.50. The Bertz CT molecular complexity index is 941. The van der Waals surface area contributed by atoms with Gasteiger partial charge in [-0.25, -0.2) is 4.39 Å². The fraction of sp³-hybridized carbons (Fsp3) is 0.238.